The van der Waals surface area contributed by atoms with Gasteiger partial charge in [0.05, 0.1) is 31.0 Å². The zero-order valence-corrected chi connectivity index (χ0v) is 19.9. The summed E-state index contributed by atoms with van der Waals surface area (Å²) >= 11 is 3.78. The van der Waals surface area contributed by atoms with E-state index in [-0.39, 0.29) is 0 Å². The average Bonchev–Trinajstić information content (AvgIpc) is 3.51. The largest absolute Gasteiger partial charge is 0.276 e. The van der Waals surface area contributed by atoms with E-state index in [1.807, 2.05) is 34.8 Å². The second kappa shape index (κ2) is 6.63. The molecule has 0 saturated heterocycles. The van der Waals surface area contributed by atoms with Crippen LogP contribution in [0.4, 0.5) is 0 Å². The third-order valence-electron chi connectivity index (χ3n) is 6.80. The van der Waals surface area contributed by atoms with Gasteiger partial charge in [-0.25, -0.2) is 9.97 Å². The van der Waals surface area contributed by atoms with Gasteiger partial charge >= 0.3 is 0 Å². The zero-order chi connectivity index (χ0) is 22.4. The first-order valence-electron chi connectivity index (χ1n) is 11.3. The van der Waals surface area contributed by atoms with Gasteiger partial charge in [0, 0.05) is 37.0 Å². The Kier molecular flexibility index (Phi) is 3.63. The first-order chi connectivity index (χ1) is 16.8. The lowest BCUT2D eigenvalue weighted by Gasteiger charge is -2.09. The van der Waals surface area contributed by atoms with Crippen LogP contribution in [0.15, 0.2) is 84.9 Å². The summed E-state index contributed by atoms with van der Waals surface area (Å²) in [6.07, 6.45) is 0. The van der Waals surface area contributed by atoms with Crippen molar-refractivity contribution in [2.75, 3.05) is 0 Å². The van der Waals surface area contributed by atoms with Gasteiger partial charge in [-0.3, -0.25) is 4.57 Å². The zero-order valence-electron chi connectivity index (χ0n) is 18.2. The highest BCUT2D eigenvalue weighted by Crippen LogP contribution is 2.47. The number of rotatable bonds is 1. The Morgan fingerprint density at radius 2 is 1.38 bits per heavy atom. The van der Waals surface area contributed by atoms with E-state index in [1.54, 1.807) is 0 Å². The Morgan fingerprint density at radius 1 is 0.647 bits per heavy atom. The SMILES string of the molecule is Cc1nc(-n2c3ccccc3c3ccc4c(sc5sc6ccccc6c54)c32)nc2ccccc12. The number of hydrogen-bond acceptors (Lipinski definition) is 4. The van der Waals surface area contributed by atoms with Crippen molar-refractivity contribution >= 4 is 85.0 Å². The minimum absolute atomic E-state index is 0.733. The number of aryl methyl sites for hydroxylation is 1. The standard InChI is InChI=1S/C29H17N3S2/c1-16-17-8-2-5-11-22(17)31-29(30-16)32-23-12-6-3-9-18(23)19-14-15-21-25-20-10-4-7-13-24(20)33-28(25)34-27(21)26(19)32/h2-15H,1H3. The topological polar surface area (TPSA) is 30.7 Å². The van der Waals surface area contributed by atoms with Gasteiger partial charge in [0.2, 0.25) is 5.95 Å². The molecule has 3 nitrogen and oxygen atoms in total. The van der Waals surface area contributed by atoms with Crippen molar-refractivity contribution in [3.63, 3.8) is 0 Å². The van der Waals surface area contributed by atoms with Gasteiger partial charge < -0.3 is 0 Å². The summed E-state index contributed by atoms with van der Waals surface area (Å²) in [5, 5.41) is 7.60. The molecule has 8 rings (SSSR count). The molecule has 5 heteroatoms. The van der Waals surface area contributed by atoms with E-state index in [9.17, 15) is 0 Å². The fourth-order valence-corrected chi connectivity index (χ4v) is 8.02. The maximum Gasteiger partial charge on any atom is 0.235 e. The molecular formula is C29H17N3S2. The lowest BCUT2D eigenvalue weighted by Crippen LogP contribution is -2.03. The molecule has 0 spiro atoms. The van der Waals surface area contributed by atoms with Crippen LogP contribution in [0.3, 0.4) is 0 Å². The van der Waals surface area contributed by atoms with Gasteiger partial charge in [-0.1, -0.05) is 66.7 Å². The van der Waals surface area contributed by atoms with Crippen LogP contribution in [0, 0.1) is 6.92 Å². The molecule has 0 atom stereocenters. The summed E-state index contributed by atoms with van der Waals surface area (Å²) in [7, 11) is 0. The third-order valence-corrected chi connectivity index (χ3v) is 9.27. The van der Waals surface area contributed by atoms with Crippen molar-refractivity contribution in [3.8, 4) is 5.95 Å². The maximum absolute atomic E-state index is 5.04. The normalized spacial score (nSPS) is 12.3. The van der Waals surface area contributed by atoms with Crippen LogP contribution < -0.4 is 0 Å². The molecule has 0 fully saturated rings. The highest BCUT2D eigenvalue weighted by atomic mass is 32.2. The number of fused-ring (bicyclic) bond motifs is 10. The molecule has 0 saturated carbocycles. The number of nitrogens with zero attached hydrogens (tertiary/aromatic N) is 3. The van der Waals surface area contributed by atoms with Crippen molar-refractivity contribution < 1.29 is 0 Å². The highest BCUT2D eigenvalue weighted by Gasteiger charge is 2.21. The Hall–Kier alpha value is -3.80. The average molecular weight is 472 g/mol. The first kappa shape index (κ1) is 18.6. The molecule has 4 aromatic carbocycles. The van der Waals surface area contributed by atoms with Crippen molar-refractivity contribution in [1.29, 1.82) is 0 Å². The van der Waals surface area contributed by atoms with E-state index >= 15 is 0 Å². The molecular weight excluding hydrogens is 454 g/mol. The number of benzene rings is 4. The Morgan fingerprint density at radius 3 is 2.29 bits per heavy atom. The van der Waals surface area contributed by atoms with Crippen molar-refractivity contribution in [2.24, 2.45) is 0 Å². The van der Waals surface area contributed by atoms with Gasteiger partial charge in [-0.15, -0.1) is 22.7 Å². The quantitative estimate of drug-likeness (QED) is 0.240. The molecule has 34 heavy (non-hydrogen) atoms. The highest BCUT2D eigenvalue weighted by molar-refractivity contribution is 7.45. The van der Waals surface area contributed by atoms with Gasteiger partial charge in [0.25, 0.3) is 0 Å². The van der Waals surface area contributed by atoms with Gasteiger partial charge in [0.1, 0.15) is 0 Å². The van der Waals surface area contributed by atoms with Crippen molar-refractivity contribution in [1.82, 2.24) is 14.5 Å². The number of hydrogen-bond donors (Lipinski definition) is 0. The summed E-state index contributed by atoms with van der Waals surface area (Å²) < 4.78 is 6.29. The lowest BCUT2D eigenvalue weighted by atomic mass is 10.1. The summed E-state index contributed by atoms with van der Waals surface area (Å²) in [4.78, 5) is 10.0. The molecule has 0 aliphatic heterocycles. The minimum Gasteiger partial charge on any atom is -0.276 e. The molecule has 4 heterocycles. The monoisotopic (exact) mass is 471 g/mol. The maximum atomic E-state index is 5.04. The number of thiophene rings is 2. The molecule has 0 amide bonds. The van der Waals surface area contributed by atoms with E-state index in [0.29, 0.717) is 0 Å². The van der Waals surface area contributed by atoms with Crippen LogP contribution in [0.1, 0.15) is 5.69 Å². The molecule has 8 aromatic rings. The lowest BCUT2D eigenvalue weighted by molar-refractivity contribution is 0.992. The van der Waals surface area contributed by atoms with E-state index in [1.165, 1.54) is 45.9 Å². The van der Waals surface area contributed by atoms with Crippen molar-refractivity contribution in [3.05, 3.63) is 90.6 Å². The van der Waals surface area contributed by atoms with E-state index < -0.39 is 0 Å². The van der Waals surface area contributed by atoms with Crippen LogP contribution in [0.2, 0.25) is 0 Å². The second-order valence-electron chi connectivity index (χ2n) is 8.68. The van der Waals surface area contributed by atoms with Gasteiger partial charge in [-0.2, -0.15) is 0 Å². The van der Waals surface area contributed by atoms with Crippen LogP contribution in [-0.4, -0.2) is 14.5 Å². The fraction of sp³-hybridized carbons (Fsp3) is 0.0345. The number of para-hydroxylation sites is 2. The predicted octanol–water partition coefficient (Wildman–Crippen LogP) is 8.62. The van der Waals surface area contributed by atoms with Crippen LogP contribution in [0.25, 0.3) is 68.2 Å². The summed E-state index contributed by atoms with van der Waals surface area (Å²) in [6, 6.07) is 30.2. The second-order valence-corrected chi connectivity index (χ2v) is 11.0. The Balaban J connectivity index is 1.59. The molecule has 0 radical (unpaired) electrons. The van der Waals surface area contributed by atoms with Crippen LogP contribution >= 0.6 is 22.7 Å². The summed E-state index contributed by atoms with van der Waals surface area (Å²) in [6.45, 7) is 2.07. The molecule has 0 bridgehead atoms. The fourth-order valence-electron chi connectivity index (χ4n) is 5.30. The molecule has 0 aliphatic carbocycles. The van der Waals surface area contributed by atoms with Crippen LogP contribution in [-0.2, 0) is 0 Å². The van der Waals surface area contributed by atoms with Gasteiger partial charge in [0.15, 0.2) is 0 Å². The Labute approximate surface area is 202 Å². The first-order valence-corrected chi connectivity index (χ1v) is 12.9. The number of aromatic nitrogens is 3. The summed E-state index contributed by atoms with van der Waals surface area (Å²) in [5.41, 5.74) is 4.31. The van der Waals surface area contributed by atoms with Gasteiger partial charge in [-0.05, 0) is 25.1 Å². The predicted molar refractivity (Wildman–Crippen MR) is 147 cm³/mol. The minimum atomic E-state index is 0.733. The molecule has 0 N–H and O–H groups in total. The van der Waals surface area contributed by atoms with Crippen molar-refractivity contribution in [2.45, 2.75) is 6.92 Å². The smallest absolute Gasteiger partial charge is 0.235 e. The third kappa shape index (κ3) is 2.35. The molecule has 0 aliphatic rings. The molecule has 4 aromatic heterocycles. The Bertz CT molecular complexity index is 2090. The van der Waals surface area contributed by atoms with Crippen LogP contribution in [0.5, 0.6) is 0 Å². The van der Waals surface area contributed by atoms with E-state index in [2.05, 4.69) is 84.3 Å². The van der Waals surface area contributed by atoms with E-state index in [0.717, 1.165) is 28.1 Å². The van der Waals surface area contributed by atoms with E-state index in [4.69, 9.17) is 9.97 Å². The summed E-state index contributed by atoms with van der Waals surface area (Å²) in [5.74, 6) is 0.733. The molecule has 0 unspecified atom stereocenters. The molecule has 160 valence electrons.